The molecule has 3 aromatic rings. The van der Waals surface area contributed by atoms with Crippen molar-refractivity contribution in [3.63, 3.8) is 0 Å². The first-order valence-corrected chi connectivity index (χ1v) is 10.0. The number of carbonyl (C=O) groups is 2. The Kier molecular flexibility index (Phi) is 7.60. The molecule has 0 saturated heterocycles. The third kappa shape index (κ3) is 6.06. The first-order valence-electron chi connectivity index (χ1n) is 10.0. The van der Waals surface area contributed by atoms with Gasteiger partial charge in [0.2, 0.25) is 0 Å². The highest BCUT2D eigenvalue weighted by Crippen LogP contribution is 2.22. The normalized spacial score (nSPS) is 11.8. The quantitative estimate of drug-likeness (QED) is 0.433. The van der Waals surface area contributed by atoms with Crippen LogP contribution in [0.4, 0.5) is 0 Å². The molecule has 3 rings (SSSR count). The van der Waals surface area contributed by atoms with Crippen LogP contribution in [0.1, 0.15) is 29.7 Å². The molecule has 5 nitrogen and oxygen atoms in total. The molecule has 0 aliphatic rings. The van der Waals surface area contributed by atoms with E-state index < -0.39 is 12.1 Å². The minimum atomic E-state index is -0.954. The van der Waals surface area contributed by atoms with Crippen LogP contribution in [0.15, 0.2) is 91.0 Å². The fraction of sp³-hybridized carbons (Fsp3) is 0.154. The summed E-state index contributed by atoms with van der Waals surface area (Å²) in [6, 6.07) is 26.3. The van der Waals surface area contributed by atoms with Crippen molar-refractivity contribution in [2.75, 3.05) is 7.11 Å². The van der Waals surface area contributed by atoms with Crippen LogP contribution in [0.25, 0.3) is 6.08 Å². The second-order valence-electron chi connectivity index (χ2n) is 6.92. The van der Waals surface area contributed by atoms with E-state index in [2.05, 4.69) is 5.32 Å². The summed E-state index contributed by atoms with van der Waals surface area (Å²) >= 11 is 0. The van der Waals surface area contributed by atoms with Crippen LogP contribution in [0.5, 0.6) is 5.75 Å². The Morgan fingerprint density at radius 3 is 1.97 bits per heavy atom. The second-order valence-corrected chi connectivity index (χ2v) is 6.92. The van der Waals surface area contributed by atoms with Crippen molar-refractivity contribution < 1.29 is 19.1 Å². The van der Waals surface area contributed by atoms with Crippen LogP contribution in [0.2, 0.25) is 0 Å². The maximum atomic E-state index is 12.8. The number of rotatable bonds is 8. The molecule has 0 fully saturated rings. The predicted molar refractivity (Wildman–Crippen MR) is 120 cm³/mol. The molecule has 0 aliphatic carbocycles. The maximum absolute atomic E-state index is 12.8. The van der Waals surface area contributed by atoms with Crippen molar-refractivity contribution in [2.45, 2.75) is 19.1 Å². The van der Waals surface area contributed by atoms with Crippen molar-refractivity contribution in [2.24, 2.45) is 0 Å². The molecule has 31 heavy (non-hydrogen) atoms. The van der Waals surface area contributed by atoms with Gasteiger partial charge in [-0.1, -0.05) is 78.9 Å². The molecular formula is C26H25NO4. The van der Waals surface area contributed by atoms with E-state index in [-0.39, 0.29) is 11.9 Å². The van der Waals surface area contributed by atoms with E-state index in [1.165, 1.54) is 6.08 Å². The van der Waals surface area contributed by atoms with E-state index in [0.29, 0.717) is 5.75 Å². The van der Waals surface area contributed by atoms with Gasteiger partial charge in [0.1, 0.15) is 5.75 Å². The lowest BCUT2D eigenvalue weighted by molar-refractivity contribution is -0.150. The van der Waals surface area contributed by atoms with Crippen LogP contribution < -0.4 is 10.1 Å². The zero-order valence-electron chi connectivity index (χ0n) is 17.5. The lowest BCUT2D eigenvalue weighted by Crippen LogP contribution is -2.38. The number of hydrogen-bond acceptors (Lipinski definition) is 4. The number of para-hydroxylation sites is 1. The molecule has 1 amide bonds. The molecule has 5 heteroatoms. The largest absolute Gasteiger partial charge is 0.496 e. The third-order valence-electron chi connectivity index (χ3n) is 4.75. The molecule has 0 saturated carbocycles. The molecular weight excluding hydrogens is 390 g/mol. The van der Waals surface area contributed by atoms with Gasteiger partial charge in [-0.3, -0.25) is 4.79 Å². The molecule has 1 atom stereocenters. The summed E-state index contributed by atoms with van der Waals surface area (Å²) in [4.78, 5) is 25.0. The Morgan fingerprint density at radius 2 is 1.39 bits per heavy atom. The second kappa shape index (κ2) is 10.8. The molecule has 158 valence electrons. The molecule has 0 aromatic heterocycles. The number of carbonyl (C=O) groups excluding carboxylic acids is 2. The summed E-state index contributed by atoms with van der Waals surface area (Å²) in [5, 5.41) is 2.99. The van der Waals surface area contributed by atoms with Crippen LogP contribution in [0.3, 0.4) is 0 Å². The Hall–Kier alpha value is -3.86. The Bertz CT molecular complexity index is 992. The van der Waals surface area contributed by atoms with Gasteiger partial charge in [0.05, 0.1) is 13.2 Å². The SMILES string of the molecule is COc1ccccc1/C=C/C(=O)O[C@@H](C)C(=O)NC(c1ccccc1)c1ccccc1. The van der Waals surface area contributed by atoms with Crippen LogP contribution >= 0.6 is 0 Å². The molecule has 0 bridgehead atoms. The number of benzene rings is 3. The van der Waals surface area contributed by atoms with Crippen molar-refractivity contribution in [1.82, 2.24) is 5.32 Å². The number of methoxy groups -OCH3 is 1. The van der Waals surface area contributed by atoms with Crippen LogP contribution in [0, 0.1) is 0 Å². The topological polar surface area (TPSA) is 64.6 Å². The third-order valence-corrected chi connectivity index (χ3v) is 4.75. The van der Waals surface area contributed by atoms with Crippen molar-refractivity contribution in [3.05, 3.63) is 108 Å². The van der Waals surface area contributed by atoms with Crippen molar-refractivity contribution >= 4 is 18.0 Å². The zero-order valence-corrected chi connectivity index (χ0v) is 17.5. The highest BCUT2D eigenvalue weighted by molar-refractivity contribution is 5.90. The monoisotopic (exact) mass is 415 g/mol. The Labute approximate surface area is 182 Å². The summed E-state index contributed by atoms with van der Waals surface area (Å²) in [6.07, 6.45) is 1.93. The van der Waals surface area contributed by atoms with Gasteiger partial charge in [-0.2, -0.15) is 0 Å². The molecule has 1 N–H and O–H groups in total. The molecule has 0 radical (unpaired) electrons. The van der Waals surface area contributed by atoms with Gasteiger partial charge in [0.25, 0.3) is 5.91 Å². The summed E-state index contributed by atoms with van der Waals surface area (Å²) in [5.74, 6) is -0.341. The van der Waals surface area contributed by atoms with Gasteiger partial charge in [0, 0.05) is 11.6 Å². The molecule has 0 spiro atoms. The lowest BCUT2D eigenvalue weighted by Gasteiger charge is -2.22. The van der Waals surface area contributed by atoms with Gasteiger partial charge in [-0.05, 0) is 30.2 Å². The number of amides is 1. The van der Waals surface area contributed by atoms with Crippen LogP contribution in [-0.4, -0.2) is 25.1 Å². The minimum Gasteiger partial charge on any atom is -0.496 e. The summed E-state index contributed by atoms with van der Waals surface area (Å²) < 4.78 is 10.6. The number of hydrogen-bond donors (Lipinski definition) is 1. The number of esters is 1. The van der Waals surface area contributed by atoms with Crippen molar-refractivity contribution in [1.29, 1.82) is 0 Å². The maximum Gasteiger partial charge on any atom is 0.331 e. The number of ether oxygens (including phenoxy) is 2. The van der Waals surface area contributed by atoms with Gasteiger partial charge in [-0.25, -0.2) is 4.79 Å². The highest BCUT2D eigenvalue weighted by atomic mass is 16.5. The first kappa shape index (κ1) is 21.8. The van der Waals surface area contributed by atoms with Gasteiger partial charge in [-0.15, -0.1) is 0 Å². The van der Waals surface area contributed by atoms with E-state index >= 15 is 0 Å². The number of nitrogens with one attached hydrogen (secondary N) is 1. The molecule has 3 aromatic carbocycles. The zero-order chi connectivity index (χ0) is 22.1. The van der Waals surface area contributed by atoms with Crippen LogP contribution in [-0.2, 0) is 14.3 Å². The van der Waals surface area contributed by atoms with E-state index in [1.807, 2.05) is 78.9 Å². The first-order chi connectivity index (χ1) is 15.1. The molecule has 0 unspecified atom stereocenters. The fourth-order valence-corrected chi connectivity index (χ4v) is 3.14. The minimum absolute atomic E-state index is 0.347. The van der Waals surface area contributed by atoms with E-state index in [0.717, 1.165) is 16.7 Å². The van der Waals surface area contributed by atoms with E-state index in [1.54, 1.807) is 26.2 Å². The van der Waals surface area contributed by atoms with Gasteiger partial charge < -0.3 is 14.8 Å². The van der Waals surface area contributed by atoms with Crippen molar-refractivity contribution in [3.8, 4) is 5.75 Å². The smallest absolute Gasteiger partial charge is 0.331 e. The molecule has 0 aliphatic heterocycles. The fourth-order valence-electron chi connectivity index (χ4n) is 3.14. The lowest BCUT2D eigenvalue weighted by atomic mass is 9.98. The van der Waals surface area contributed by atoms with Gasteiger partial charge >= 0.3 is 5.97 Å². The van der Waals surface area contributed by atoms with E-state index in [4.69, 9.17) is 9.47 Å². The average Bonchev–Trinajstić information content (AvgIpc) is 2.82. The standard InChI is InChI=1S/C26H25NO4/c1-19(31-24(28)18-17-20-11-9-10-16-23(20)30-2)26(29)27-25(21-12-5-3-6-13-21)22-14-7-4-8-15-22/h3-19,25H,1-2H3,(H,27,29)/b18-17+/t19-/m0/s1. The Balaban J connectivity index is 1.67. The predicted octanol–water partition coefficient (Wildman–Crippen LogP) is 4.55. The highest BCUT2D eigenvalue weighted by Gasteiger charge is 2.22. The van der Waals surface area contributed by atoms with Gasteiger partial charge in [0.15, 0.2) is 6.10 Å². The summed E-state index contributed by atoms with van der Waals surface area (Å²) in [5.41, 5.74) is 2.63. The Morgan fingerprint density at radius 1 is 0.839 bits per heavy atom. The summed E-state index contributed by atoms with van der Waals surface area (Å²) in [6.45, 7) is 1.55. The average molecular weight is 415 g/mol. The summed E-state index contributed by atoms with van der Waals surface area (Å²) in [7, 11) is 1.56. The molecule has 0 heterocycles. The van der Waals surface area contributed by atoms with E-state index in [9.17, 15) is 9.59 Å².